The first-order chi connectivity index (χ1) is 19.2. The molecule has 0 aliphatic carbocycles. The lowest BCUT2D eigenvalue weighted by Gasteiger charge is -2.31. The van der Waals surface area contributed by atoms with Crippen molar-refractivity contribution in [3.05, 3.63) is 46.5 Å². The molecule has 0 radical (unpaired) electrons. The average Bonchev–Trinajstić information content (AvgIpc) is 3.30. The third-order valence-electron chi connectivity index (χ3n) is 7.28. The number of hydrogen-bond donors (Lipinski definition) is 2. The number of hydrogen-bond acceptors (Lipinski definition) is 10. The summed E-state index contributed by atoms with van der Waals surface area (Å²) in [7, 11) is 3.16. The Labute approximate surface area is 234 Å². The first kappa shape index (κ1) is 29.0. The number of likely N-dealkylation sites (N-methyl/N-ethyl adjacent to an activating group) is 1. The van der Waals surface area contributed by atoms with E-state index < -0.39 is 6.10 Å². The van der Waals surface area contributed by atoms with Crippen LogP contribution < -0.4 is 10.1 Å². The largest absolute Gasteiger partial charge is 0.491 e. The third kappa shape index (κ3) is 6.41. The van der Waals surface area contributed by atoms with Gasteiger partial charge in [0.1, 0.15) is 24.2 Å². The zero-order chi connectivity index (χ0) is 28.8. The van der Waals surface area contributed by atoms with E-state index in [0.717, 1.165) is 35.4 Å². The monoisotopic (exact) mass is 548 g/mol. The SMILES string of the molecule is CNCC(O)COc1ccc(C#N)c(-c2nc(CC3CCN(C(=O)OC)CC3)c(C)c(-c3c(C)noc3C)n2)c1. The summed E-state index contributed by atoms with van der Waals surface area (Å²) in [5, 5.41) is 27.0. The number of nitrogens with one attached hydrogen (secondary N) is 1. The highest BCUT2D eigenvalue weighted by molar-refractivity contribution is 5.73. The molecule has 1 unspecified atom stereocenters. The molecule has 11 nitrogen and oxygen atoms in total. The lowest BCUT2D eigenvalue weighted by Crippen LogP contribution is -2.38. The van der Waals surface area contributed by atoms with Crippen molar-refractivity contribution in [1.29, 1.82) is 5.26 Å². The number of aliphatic hydroxyl groups is 1. The van der Waals surface area contributed by atoms with Crippen molar-refractivity contribution in [3.63, 3.8) is 0 Å². The van der Waals surface area contributed by atoms with Crippen LogP contribution in [0.25, 0.3) is 22.6 Å². The number of aliphatic hydroxyl groups excluding tert-OH is 1. The Hall–Kier alpha value is -4.01. The number of nitrogens with zero attached hydrogens (tertiary/aromatic N) is 5. The van der Waals surface area contributed by atoms with E-state index in [9.17, 15) is 15.2 Å². The molecule has 1 atom stereocenters. The Kier molecular flexibility index (Phi) is 9.34. The Balaban J connectivity index is 1.73. The minimum atomic E-state index is -0.678. The fourth-order valence-electron chi connectivity index (χ4n) is 5.05. The number of methoxy groups -OCH3 is 1. The zero-order valence-corrected chi connectivity index (χ0v) is 23.7. The Morgan fingerprint density at radius 3 is 2.65 bits per heavy atom. The fourth-order valence-corrected chi connectivity index (χ4v) is 5.05. The smallest absolute Gasteiger partial charge is 0.409 e. The van der Waals surface area contributed by atoms with Crippen molar-refractivity contribution in [2.45, 2.75) is 46.1 Å². The molecule has 1 aliphatic rings. The number of benzene rings is 1. The van der Waals surface area contributed by atoms with E-state index in [2.05, 4.69) is 16.5 Å². The molecule has 4 rings (SSSR count). The number of likely N-dealkylation sites (tertiary alicyclic amines) is 1. The van der Waals surface area contributed by atoms with Gasteiger partial charge < -0.3 is 29.3 Å². The van der Waals surface area contributed by atoms with Crippen LogP contribution in [-0.2, 0) is 11.2 Å². The maximum absolute atomic E-state index is 11.9. The summed E-state index contributed by atoms with van der Waals surface area (Å²) in [5.41, 5.74) is 4.99. The molecule has 1 aliphatic heterocycles. The number of ether oxygens (including phenoxy) is 2. The second kappa shape index (κ2) is 12.9. The minimum absolute atomic E-state index is 0.0980. The molecule has 1 saturated heterocycles. The molecule has 2 aromatic heterocycles. The van der Waals surface area contributed by atoms with Crippen LogP contribution in [0.15, 0.2) is 22.7 Å². The summed E-state index contributed by atoms with van der Waals surface area (Å²) < 4.78 is 16.2. The predicted molar refractivity (Wildman–Crippen MR) is 148 cm³/mol. The van der Waals surface area contributed by atoms with Crippen molar-refractivity contribution in [2.24, 2.45) is 5.92 Å². The molecular formula is C29H36N6O5. The summed E-state index contributed by atoms with van der Waals surface area (Å²) in [5.74, 6) is 1.88. The van der Waals surface area contributed by atoms with E-state index >= 15 is 0 Å². The topological polar surface area (TPSA) is 147 Å². The number of carbonyl (C=O) groups excluding carboxylic acids is 1. The van der Waals surface area contributed by atoms with Crippen LogP contribution in [0, 0.1) is 38.0 Å². The van der Waals surface area contributed by atoms with E-state index in [0.29, 0.717) is 66.1 Å². The highest BCUT2D eigenvalue weighted by Gasteiger charge is 2.27. The molecule has 40 heavy (non-hydrogen) atoms. The number of aromatic nitrogens is 3. The van der Waals surface area contributed by atoms with Gasteiger partial charge in [-0.05, 0) is 76.8 Å². The summed E-state index contributed by atoms with van der Waals surface area (Å²) in [6.45, 7) is 7.47. The molecule has 0 saturated carbocycles. The molecule has 3 heterocycles. The lowest BCUT2D eigenvalue weighted by atomic mass is 9.90. The predicted octanol–water partition coefficient (Wildman–Crippen LogP) is 3.58. The quantitative estimate of drug-likeness (QED) is 0.407. The number of carbonyl (C=O) groups is 1. The average molecular weight is 549 g/mol. The minimum Gasteiger partial charge on any atom is -0.491 e. The molecule has 2 N–H and O–H groups in total. The van der Waals surface area contributed by atoms with Gasteiger partial charge in [0.15, 0.2) is 5.82 Å². The van der Waals surface area contributed by atoms with Gasteiger partial charge in [0, 0.05) is 30.9 Å². The highest BCUT2D eigenvalue weighted by atomic mass is 16.5. The summed E-state index contributed by atoms with van der Waals surface area (Å²) in [6.07, 6.45) is 1.38. The van der Waals surface area contributed by atoms with E-state index in [1.165, 1.54) is 7.11 Å². The van der Waals surface area contributed by atoms with Crippen LogP contribution in [0.1, 0.15) is 41.1 Å². The second-order valence-corrected chi connectivity index (χ2v) is 10.1. The number of aryl methyl sites for hydroxylation is 2. The van der Waals surface area contributed by atoms with Crippen LogP contribution in [0.5, 0.6) is 5.75 Å². The molecule has 11 heteroatoms. The summed E-state index contributed by atoms with van der Waals surface area (Å²) in [6, 6.07) is 7.36. The van der Waals surface area contributed by atoms with Crippen molar-refractivity contribution in [1.82, 2.24) is 25.3 Å². The number of amides is 1. The van der Waals surface area contributed by atoms with Gasteiger partial charge >= 0.3 is 6.09 Å². The summed E-state index contributed by atoms with van der Waals surface area (Å²) >= 11 is 0. The van der Waals surface area contributed by atoms with E-state index in [1.54, 1.807) is 30.1 Å². The van der Waals surface area contributed by atoms with Crippen LogP contribution >= 0.6 is 0 Å². The first-order valence-electron chi connectivity index (χ1n) is 13.4. The number of nitriles is 1. The maximum Gasteiger partial charge on any atom is 0.409 e. The van der Waals surface area contributed by atoms with Crippen LogP contribution in [0.2, 0.25) is 0 Å². The molecule has 3 aromatic rings. The molecular weight excluding hydrogens is 512 g/mol. The van der Waals surface area contributed by atoms with Crippen LogP contribution in [0.4, 0.5) is 4.79 Å². The van der Waals surface area contributed by atoms with Gasteiger partial charge in [-0.3, -0.25) is 0 Å². The van der Waals surface area contributed by atoms with Gasteiger partial charge in [-0.2, -0.15) is 5.26 Å². The Bertz CT molecular complexity index is 1370. The van der Waals surface area contributed by atoms with Crippen molar-refractivity contribution < 1.29 is 23.9 Å². The standard InChI is InChI=1S/C29H36N6O5/c1-17-25(12-20-8-10-35(11-9-20)29(37)38-5)32-28(33-27(17)26-18(2)34-40-19(26)3)24-13-23(7-6-21(24)14-30)39-16-22(36)15-31-4/h6-7,13,20,22,31,36H,8-12,15-16H2,1-5H3. The Morgan fingerprint density at radius 2 is 2.02 bits per heavy atom. The van der Waals surface area contributed by atoms with Crippen molar-refractivity contribution >= 4 is 6.09 Å². The normalized spacial score (nSPS) is 14.6. The molecule has 1 aromatic carbocycles. The molecule has 1 fully saturated rings. The fraction of sp³-hybridized carbons (Fsp3) is 0.483. The lowest BCUT2D eigenvalue weighted by molar-refractivity contribution is 0.106. The van der Waals surface area contributed by atoms with Gasteiger partial charge in [-0.25, -0.2) is 14.8 Å². The van der Waals surface area contributed by atoms with Crippen molar-refractivity contribution in [2.75, 3.05) is 40.4 Å². The molecule has 212 valence electrons. The number of piperidine rings is 1. The second-order valence-electron chi connectivity index (χ2n) is 10.1. The van der Waals surface area contributed by atoms with E-state index in [4.69, 9.17) is 24.0 Å². The van der Waals surface area contributed by atoms with E-state index in [-0.39, 0.29) is 12.7 Å². The van der Waals surface area contributed by atoms with Crippen LogP contribution in [0.3, 0.4) is 0 Å². The summed E-state index contributed by atoms with van der Waals surface area (Å²) in [4.78, 5) is 23.6. The maximum atomic E-state index is 11.9. The van der Waals surface area contributed by atoms with Crippen molar-refractivity contribution in [3.8, 4) is 34.5 Å². The molecule has 0 bridgehead atoms. The number of rotatable bonds is 9. The Morgan fingerprint density at radius 1 is 1.27 bits per heavy atom. The first-order valence-corrected chi connectivity index (χ1v) is 13.4. The molecule has 1 amide bonds. The van der Waals surface area contributed by atoms with Gasteiger partial charge in [0.05, 0.1) is 35.7 Å². The molecule has 0 spiro atoms. The zero-order valence-electron chi connectivity index (χ0n) is 23.7. The van der Waals surface area contributed by atoms with Gasteiger partial charge in [-0.15, -0.1) is 0 Å². The van der Waals surface area contributed by atoms with E-state index in [1.807, 2.05) is 20.8 Å². The van der Waals surface area contributed by atoms with Gasteiger partial charge in [0.2, 0.25) is 0 Å². The van der Waals surface area contributed by atoms with Gasteiger partial charge in [-0.1, -0.05) is 5.16 Å². The third-order valence-corrected chi connectivity index (χ3v) is 7.28. The highest BCUT2D eigenvalue weighted by Crippen LogP contribution is 2.34. The van der Waals surface area contributed by atoms with Crippen LogP contribution in [-0.4, -0.2) is 77.7 Å². The van der Waals surface area contributed by atoms with Gasteiger partial charge in [0.25, 0.3) is 0 Å².